The first-order valence-corrected chi connectivity index (χ1v) is 8.00. The van der Waals surface area contributed by atoms with Crippen molar-refractivity contribution < 1.29 is 4.79 Å². The quantitative estimate of drug-likeness (QED) is 0.669. The van der Waals surface area contributed by atoms with E-state index < -0.39 is 0 Å². The summed E-state index contributed by atoms with van der Waals surface area (Å²) in [6.07, 6.45) is 0. The molecule has 0 aliphatic rings. The molecule has 2 rings (SSSR count). The van der Waals surface area contributed by atoms with Gasteiger partial charge in [0.25, 0.3) is 5.91 Å². The van der Waals surface area contributed by atoms with Crippen molar-refractivity contribution in [2.75, 3.05) is 12.3 Å². The van der Waals surface area contributed by atoms with Gasteiger partial charge in [-0.05, 0) is 32.0 Å². The van der Waals surface area contributed by atoms with Crippen LogP contribution in [0.3, 0.4) is 0 Å². The van der Waals surface area contributed by atoms with E-state index in [0.29, 0.717) is 6.54 Å². The molecule has 2 aromatic rings. The fraction of sp³-hybridized carbons (Fsp3) is 0.267. The molecular weight excluding hydrogens is 274 g/mol. The number of thiophene rings is 1. The van der Waals surface area contributed by atoms with Crippen molar-refractivity contribution >= 4 is 29.0 Å². The molecule has 2 nitrogen and oxygen atoms in total. The van der Waals surface area contributed by atoms with Gasteiger partial charge in [0.1, 0.15) is 0 Å². The predicted octanol–water partition coefficient (Wildman–Crippen LogP) is 3.89. The maximum atomic E-state index is 12.0. The maximum absolute atomic E-state index is 12.0. The van der Waals surface area contributed by atoms with Gasteiger partial charge < -0.3 is 5.32 Å². The van der Waals surface area contributed by atoms with Gasteiger partial charge in [-0.1, -0.05) is 18.2 Å². The van der Waals surface area contributed by atoms with Crippen LogP contribution >= 0.6 is 23.1 Å². The Labute approximate surface area is 122 Å². The zero-order valence-corrected chi connectivity index (χ0v) is 12.7. The second kappa shape index (κ2) is 6.78. The number of carbonyl (C=O) groups excluding carboxylic acids is 1. The van der Waals surface area contributed by atoms with E-state index in [1.54, 1.807) is 23.1 Å². The van der Waals surface area contributed by atoms with Gasteiger partial charge in [0, 0.05) is 26.9 Å². The summed E-state index contributed by atoms with van der Waals surface area (Å²) in [6.45, 7) is 4.71. The molecule has 1 heterocycles. The minimum atomic E-state index is 0.0375. The number of hydrogen-bond donors (Lipinski definition) is 1. The van der Waals surface area contributed by atoms with E-state index in [-0.39, 0.29) is 5.91 Å². The SMILES string of the molecule is Cc1cc(C(=O)NCCSc2ccccc2)c(C)s1. The summed E-state index contributed by atoms with van der Waals surface area (Å²) in [5.41, 5.74) is 0.812. The van der Waals surface area contributed by atoms with E-state index in [1.807, 2.05) is 38.1 Å². The summed E-state index contributed by atoms with van der Waals surface area (Å²) in [6, 6.07) is 12.2. The van der Waals surface area contributed by atoms with Crippen LogP contribution in [0.5, 0.6) is 0 Å². The zero-order valence-electron chi connectivity index (χ0n) is 11.1. The van der Waals surface area contributed by atoms with Crippen LogP contribution in [0.1, 0.15) is 20.1 Å². The van der Waals surface area contributed by atoms with Gasteiger partial charge in [0.05, 0.1) is 5.56 Å². The zero-order chi connectivity index (χ0) is 13.7. The van der Waals surface area contributed by atoms with Crippen LogP contribution in [-0.4, -0.2) is 18.2 Å². The Morgan fingerprint density at radius 3 is 2.63 bits per heavy atom. The topological polar surface area (TPSA) is 29.1 Å². The van der Waals surface area contributed by atoms with Crippen molar-refractivity contribution in [3.63, 3.8) is 0 Å². The molecule has 0 aliphatic carbocycles. The molecule has 0 spiro atoms. The van der Waals surface area contributed by atoms with Crippen LogP contribution in [0.4, 0.5) is 0 Å². The van der Waals surface area contributed by atoms with E-state index in [0.717, 1.165) is 16.2 Å². The third-order valence-corrected chi connectivity index (χ3v) is 4.66. The molecule has 0 aliphatic heterocycles. The van der Waals surface area contributed by atoms with Gasteiger partial charge in [0.2, 0.25) is 0 Å². The summed E-state index contributed by atoms with van der Waals surface area (Å²) in [5, 5.41) is 2.97. The highest BCUT2D eigenvalue weighted by molar-refractivity contribution is 7.99. The predicted molar refractivity (Wildman–Crippen MR) is 83.3 cm³/mol. The van der Waals surface area contributed by atoms with Gasteiger partial charge in [0.15, 0.2) is 0 Å². The first-order valence-electron chi connectivity index (χ1n) is 6.20. The lowest BCUT2D eigenvalue weighted by molar-refractivity contribution is 0.0956. The van der Waals surface area contributed by atoms with Gasteiger partial charge in [-0.15, -0.1) is 23.1 Å². The molecule has 100 valence electrons. The Morgan fingerprint density at radius 2 is 2.00 bits per heavy atom. The number of nitrogens with one attached hydrogen (secondary N) is 1. The van der Waals surface area contributed by atoms with Crippen molar-refractivity contribution in [1.29, 1.82) is 0 Å². The molecule has 1 aromatic heterocycles. The van der Waals surface area contributed by atoms with Gasteiger partial charge in [-0.25, -0.2) is 0 Å². The fourth-order valence-electron chi connectivity index (χ4n) is 1.80. The number of hydrogen-bond acceptors (Lipinski definition) is 3. The first-order chi connectivity index (χ1) is 9.16. The van der Waals surface area contributed by atoms with Crippen molar-refractivity contribution in [2.24, 2.45) is 0 Å². The number of carbonyl (C=O) groups is 1. The molecule has 0 radical (unpaired) electrons. The highest BCUT2D eigenvalue weighted by Gasteiger charge is 2.10. The minimum Gasteiger partial charge on any atom is -0.351 e. The molecule has 0 unspecified atom stereocenters. The third kappa shape index (κ3) is 4.11. The molecule has 0 saturated heterocycles. The maximum Gasteiger partial charge on any atom is 0.252 e. The molecule has 0 fully saturated rings. The number of aryl methyl sites for hydroxylation is 2. The van der Waals surface area contributed by atoms with Crippen molar-refractivity contribution in [2.45, 2.75) is 18.7 Å². The highest BCUT2D eigenvalue weighted by atomic mass is 32.2. The summed E-state index contributed by atoms with van der Waals surface area (Å²) in [7, 11) is 0. The lowest BCUT2D eigenvalue weighted by atomic mass is 10.2. The summed E-state index contributed by atoms with van der Waals surface area (Å²) >= 11 is 3.42. The second-order valence-corrected chi connectivity index (χ2v) is 6.87. The molecule has 19 heavy (non-hydrogen) atoms. The van der Waals surface area contributed by atoms with Crippen LogP contribution in [0.25, 0.3) is 0 Å². The molecular formula is C15H17NOS2. The van der Waals surface area contributed by atoms with Crippen LogP contribution < -0.4 is 5.32 Å². The number of rotatable bonds is 5. The lowest BCUT2D eigenvalue weighted by Gasteiger charge is -2.04. The Bertz CT molecular complexity index is 549. The molecule has 0 bridgehead atoms. The number of thioether (sulfide) groups is 1. The standard InChI is InChI=1S/C15H17NOS2/c1-11-10-14(12(2)19-11)15(17)16-8-9-18-13-6-4-3-5-7-13/h3-7,10H,8-9H2,1-2H3,(H,16,17). The van der Waals surface area contributed by atoms with Crippen molar-refractivity contribution in [3.05, 3.63) is 51.7 Å². The molecule has 4 heteroatoms. The van der Waals surface area contributed by atoms with Gasteiger partial charge in [-0.2, -0.15) is 0 Å². The Balaban J connectivity index is 1.77. The van der Waals surface area contributed by atoms with Gasteiger partial charge in [-0.3, -0.25) is 4.79 Å². The highest BCUT2D eigenvalue weighted by Crippen LogP contribution is 2.20. The fourth-order valence-corrected chi connectivity index (χ4v) is 3.51. The largest absolute Gasteiger partial charge is 0.351 e. The molecule has 0 saturated carbocycles. The van der Waals surface area contributed by atoms with E-state index in [1.165, 1.54) is 9.77 Å². The average molecular weight is 291 g/mol. The van der Waals surface area contributed by atoms with Crippen molar-refractivity contribution in [3.8, 4) is 0 Å². The Hall–Kier alpha value is -1.26. The molecule has 0 atom stereocenters. The van der Waals surface area contributed by atoms with E-state index >= 15 is 0 Å². The summed E-state index contributed by atoms with van der Waals surface area (Å²) < 4.78 is 0. The number of amides is 1. The van der Waals surface area contributed by atoms with Gasteiger partial charge >= 0.3 is 0 Å². The molecule has 1 N–H and O–H groups in total. The van der Waals surface area contributed by atoms with Crippen LogP contribution in [0, 0.1) is 13.8 Å². The number of benzene rings is 1. The van der Waals surface area contributed by atoms with E-state index in [9.17, 15) is 4.79 Å². The Morgan fingerprint density at radius 1 is 1.26 bits per heavy atom. The van der Waals surface area contributed by atoms with Crippen LogP contribution in [0.2, 0.25) is 0 Å². The molecule has 1 aromatic carbocycles. The average Bonchev–Trinajstić information content (AvgIpc) is 2.75. The third-order valence-electron chi connectivity index (χ3n) is 2.69. The van der Waals surface area contributed by atoms with E-state index in [4.69, 9.17) is 0 Å². The first kappa shape index (κ1) is 14.2. The Kier molecular flexibility index (Phi) is 5.05. The minimum absolute atomic E-state index is 0.0375. The monoisotopic (exact) mass is 291 g/mol. The molecule has 1 amide bonds. The van der Waals surface area contributed by atoms with Crippen LogP contribution in [0.15, 0.2) is 41.3 Å². The van der Waals surface area contributed by atoms with Crippen LogP contribution in [-0.2, 0) is 0 Å². The smallest absolute Gasteiger partial charge is 0.252 e. The second-order valence-electron chi connectivity index (χ2n) is 4.24. The van der Waals surface area contributed by atoms with E-state index in [2.05, 4.69) is 17.4 Å². The normalized spacial score (nSPS) is 10.4. The summed E-state index contributed by atoms with van der Waals surface area (Å²) in [5.74, 6) is 0.924. The van der Waals surface area contributed by atoms with Crippen molar-refractivity contribution in [1.82, 2.24) is 5.32 Å². The lowest BCUT2D eigenvalue weighted by Crippen LogP contribution is -2.25. The summed E-state index contributed by atoms with van der Waals surface area (Å²) in [4.78, 5) is 15.5.